The number of amides is 2. The lowest BCUT2D eigenvalue weighted by atomic mass is 9.68. The Morgan fingerprint density at radius 3 is 2.49 bits per heavy atom. The van der Waals surface area contributed by atoms with E-state index < -0.39 is 42.0 Å². The maximum absolute atomic E-state index is 14.2. The predicted octanol–water partition coefficient (Wildman–Crippen LogP) is 5.93. The quantitative estimate of drug-likeness (QED) is 0.176. The highest BCUT2D eigenvalue weighted by Gasteiger charge is 2.56. The molecule has 0 spiro atoms. The second-order valence-electron chi connectivity index (χ2n) is 12.8. The van der Waals surface area contributed by atoms with Crippen LogP contribution in [0.25, 0.3) is 11.6 Å². The van der Waals surface area contributed by atoms with E-state index in [1.54, 1.807) is 24.4 Å². The standard InChI is InChI=1S/C38H41FN2O6/c39-31-20-24(14-16-33(31)43)19-25(32-13-7-8-18-40-32)15-17-34(44)35-26(23-47-28-11-5-2-6-12-28)21-29-36(30(35)22-42)38(46)41(37(29)45)27-9-3-1-4-10-27/h2,5-8,11-14,16,18-20,27,29-30,34,36,42-44H,1,3-4,9-10,15,17,21-23H2/b25-19-/t29-,30+,34-,36-/m1/s1. The first-order valence-electron chi connectivity index (χ1n) is 16.5. The number of fused-ring (bicyclic) bond motifs is 1. The number of benzene rings is 2. The molecule has 0 unspecified atom stereocenters. The minimum Gasteiger partial charge on any atom is -0.505 e. The number of phenolic OH excluding ortho intramolecular Hbond substituents is 1. The lowest BCUT2D eigenvalue weighted by Gasteiger charge is -2.36. The fourth-order valence-corrected chi connectivity index (χ4v) is 7.59. The summed E-state index contributed by atoms with van der Waals surface area (Å²) in [5.41, 5.74) is 3.18. The molecule has 0 radical (unpaired) electrons. The minimum atomic E-state index is -1.06. The molecule has 8 nitrogen and oxygen atoms in total. The zero-order chi connectivity index (χ0) is 32.9. The van der Waals surface area contributed by atoms with E-state index in [1.807, 2.05) is 42.5 Å². The highest BCUT2D eigenvalue weighted by atomic mass is 19.1. The number of rotatable bonds is 11. The van der Waals surface area contributed by atoms with Crippen molar-refractivity contribution < 1.29 is 34.0 Å². The number of para-hydroxylation sites is 1. The number of aliphatic hydroxyl groups excluding tert-OH is 2. The van der Waals surface area contributed by atoms with Gasteiger partial charge in [-0.15, -0.1) is 0 Å². The van der Waals surface area contributed by atoms with E-state index in [-0.39, 0.29) is 37.3 Å². The molecule has 1 aromatic heterocycles. The van der Waals surface area contributed by atoms with Crippen LogP contribution in [0.1, 0.15) is 62.6 Å². The molecule has 47 heavy (non-hydrogen) atoms. The zero-order valence-electron chi connectivity index (χ0n) is 26.3. The topological polar surface area (TPSA) is 120 Å². The van der Waals surface area contributed by atoms with Crippen molar-refractivity contribution >= 4 is 23.5 Å². The van der Waals surface area contributed by atoms with Crippen LogP contribution in [0.5, 0.6) is 11.5 Å². The molecule has 4 atom stereocenters. The number of pyridine rings is 1. The number of allylic oxidation sites excluding steroid dienone is 1. The Labute approximate surface area is 274 Å². The Kier molecular flexibility index (Phi) is 10.1. The molecule has 3 aliphatic rings. The van der Waals surface area contributed by atoms with E-state index in [0.717, 1.165) is 43.3 Å². The second kappa shape index (κ2) is 14.6. The van der Waals surface area contributed by atoms with Gasteiger partial charge in [0.15, 0.2) is 11.6 Å². The summed E-state index contributed by atoms with van der Waals surface area (Å²) < 4.78 is 20.3. The maximum Gasteiger partial charge on any atom is 0.234 e. The number of carbonyl (C=O) groups excluding carboxylic acids is 2. The van der Waals surface area contributed by atoms with Crippen molar-refractivity contribution in [2.45, 2.75) is 63.5 Å². The number of aromatic hydroxyl groups is 1. The lowest BCUT2D eigenvalue weighted by molar-refractivity contribution is -0.143. The number of nitrogens with zero attached hydrogens (tertiary/aromatic N) is 2. The molecule has 2 aromatic carbocycles. The van der Waals surface area contributed by atoms with Crippen LogP contribution in [0, 0.1) is 23.6 Å². The molecule has 1 saturated carbocycles. The Bertz CT molecular complexity index is 1640. The smallest absolute Gasteiger partial charge is 0.234 e. The SMILES string of the molecule is O=C1[C@@H]2[C@@H](CC(COc3ccccc3)=C([C@H](O)CC/C(=C/c3ccc(O)c(F)c3)c3ccccn3)[C@@H]2CO)C(=O)N1C1CCCCC1. The summed E-state index contributed by atoms with van der Waals surface area (Å²) in [6.07, 6.45) is 7.82. The molecule has 1 aliphatic heterocycles. The summed E-state index contributed by atoms with van der Waals surface area (Å²) in [7, 11) is 0. The molecule has 6 rings (SSSR count). The Hall–Kier alpha value is -4.34. The number of aliphatic hydroxyl groups is 2. The van der Waals surface area contributed by atoms with E-state index >= 15 is 0 Å². The van der Waals surface area contributed by atoms with Gasteiger partial charge < -0.3 is 20.1 Å². The summed E-state index contributed by atoms with van der Waals surface area (Å²) in [6.45, 7) is -0.285. The third kappa shape index (κ3) is 7.01. The molecular weight excluding hydrogens is 599 g/mol. The van der Waals surface area contributed by atoms with Gasteiger partial charge in [-0.2, -0.15) is 0 Å². The monoisotopic (exact) mass is 640 g/mol. The fraction of sp³-hybridized carbons (Fsp3) is 0.395. The molecule has 1 saturated heterocycles. The van der Waals surface area contributed by atoms with Crippen LogP contribution < -0.4 is 4.74 Å². The number of aromatic nitrogens is 1. The molecule has 0 bridgehead atoms. The van der Waals surface area contributed by atoms with E-state index in [4.69, 9.17) is 4.74 Å². The van der Waals surface area contributed by atoms with Gasteiger partial charge in [-0.3, -0.25) is 19.5 Å². The van der Waals surface area contributed by atoms with Crippen LogP contribution in [0.4, 0.5) is 4.39 Å². The normalized spacial score (nSPS) is 22.8. The van der Waals surface area contributed by atoms with Gasteiger partial charge in [-0.1, -0.05) is 49.6 Å². The molecular formula is C38H41FN2O6. The van der Waals surface area contributed by atoms with Crippen LogP contribution in [-0.2, 0) is 9.59 Å². The van der Waals surface area contributed by atoms with E-state index in [1.165, 1.54) is 17.0 Å². The molecule has 2 fully saturated rings. The van der Waals surface area contributed by atoms with Crippen molar-refractivity contribution in [3.63, 3.8) is 0 Å². The van der Waals surface area contributed by atoms with Gasteiger partial charge in [0.1, 0.15) is 12.4 Å². The van der Waals surface area contributed by atoms with Crippen molar-refractivity contribution in [2.75, 3.05) is 13.2 Å². The first kappa shape index (κ1) is 32.6. The number of phenols is 1. The van der Waals surface area contributed by atoms with Gasteiger partial charge in [0.25, 0.3) is 0 Å². The highest BCUT2D eigenvalue weighted by Crippen LogP contribution is 2.48. The zero-order valence-corrected chi connectivity index (χ0v) is 26.3. The fourth-order valence-electron chi connectivity index (χ4n) is 7.59. The van der Waals surface area contributed by atoms with E-state index in [9.17, 15) is 29.3 Å². The van der Waals surface area contributed by atoms with Gasteiger partial charge in [-0.25, -0.2) is 4.39 Å². The number of hydrogen-bond donors (Lipinski definition) is 3. The Morgan fingerprint density at radius 2 is 1.79 bits per heavy atom. The van der Waals surface area contributed by atoms with Gasteiger partial charge in [0.05, 0.1) is 30.2 Å². The van der Waals surface area contributed by atoms with Gasteiger partial charge in [-0.05, 0) is 96.9 Å². The molecule has 3 aromatic rings. The Balaban J connectivity index is 1.31. The highest BCUT2D eigenvalue weighted by molar-refractivity contribution is 6.06. The molecule has 2 amide bonds. The maximum atomic E-state index is 14.2. The first-order chi connectivity index (χ1) is 22.9. The number of carbonyl (C=O) groups is 2. The van der Waals surface area contributed by atoms with Crippen LogP contribution in [-0.4, -0.2) is 62.4 Å². The lowest BCUT2D eigenvalue weighted by Crippen LogP contribution is -2.42. The average molecular weight is 641 g/mol. The van der Waals surface area contributed by atoms with Crippen molar-refractivity contribution in [1.82, 2.24) is 9.88 Å². The molecule has 9 heteroatoms. The van der Waals surface area contributed by atoms with E-state index in [2.05, 4.69) is 4.98 Å². The van der Waals surface area contributed by atoms with E-state index in [0.29, 0.717) is 29.0 Å². The molecule has 2 aliphatic carbocycles. The summed E-state index contributed by atoms with van der Waals surface area (Å²) in [5.74, 6) is -3.08. The van der Waals surface area contributed by atoms with Crippen molar-refractivity contribution in [2.24, 2.45) is 17.8 Å². The van der Waals surface area contributed by atoms with Crippen molar-refractivity contribution in [1.29, 1.82) is 0 Å². The summed E-state index contributed by atoms with van der Waals surface area (Å²) >= 11 is 0. The molecule has 2 heterocycles. The summed E-state index contributed by atoms with van der Waals surface area (Å²) in [6, 6.07) is 18.7. The summed E-state index contributed by atoms with van der Waals surface area (Å²) in [4.78, 5) is 33.8. The van der Waals surface area contributed by atoms with Gasteiger partial charge in [0.2, 0.25) is 11.8 Å². The van der Waals surface area contributed by atoms with Gasteiger partial charge in [0, 0.05) is 18.2 Å². The summed E-state index contributed by atoms with van der Waals surface area (Å²) in [5, 5.41) is 32.4. The number of halogens is 1. The number of ether oxygens (including phenoxy) is 1. The third-order valence-electron chi connectivity index (χ3n) is 9.86. The van der Waals surface area contributed by atoms with Crippen molar-refractivity contribution in [3.05, 3.63) is 101 Å². The van der Waals surface area contributed by atoms with Crippen LogP contribution in [0.15, 0.2) is 84.1 Å². The minimum absolute atomic E-state index is 0.108. The number of hydrogen-bond acceptors (Lipinski definition) is 7. The van der Waals surface area contributed by atoms with Crippen LogP contribution >= 0.6 is 0 Å². The first-order valence-corrected chi connectivity index (χ1v) is 16.5. The molecule has 3 N–H and O–H groups in total. The predicted molar refractivity (Wildman–Crippen MR) is 175 cm³/mol. The van der Waals surface area contributed by atoms with Crippen molar-refractivity contribution in [3.8, 4) is 11.5 Å². The number of likely N-dealkylation sites (tertiary alicyclic amines) is 1. The van der Waals surface area contributed by atoms with Gasteiger partial charge >= 0.3 is 0 Å². The average Bonchev–Trinajstić information content (AvgIpc) is 3.36. The number of imide groups is 1. The second-order valence-corrected chi connectivity index (χ2v) is 12.8. The largest absolute Gasteiger partial charge is 0.505 e. The molecule has 246 valence electrons. The Morgan fingerprint density at radius 1 is 1.02 bits per heavy atom. The van der Waals surface area contributed by atoms with Crippen LogP contribution in [0.2, 0.25) is 0 Å². The third-order valence-corrected chi connectivity index (χ3v) is 9.86. The van der Waals surface area contributed by atoms with Crippen LogP contribution in [0.3, 0.4) is 0 Å².